The van der Waals surface area contributed by atoms with E-state index in [-0.39, 0.29) is 18.4 Å². The van der Waals surface area contributed by atoms with E-state index in [2.05, 4.69) is 15.6 Å². The number of amides is 2. The van der Waals surface area contributed by atoms with Gasteiger partial charge in [0, 0.05) is 19.4 Å². The summed E-state index contributed by atoms with van der Waals surface area (Å²) in [4.78, 5) is 28.8. The Bertz CT molecular complexity index is 981. The molecule has 7 nitrogen and oxygen atoms in total. The lowest BCUT2D eigenvalue weighted by Gasteiger charge is -2.12. The van der Waals surface area contributed by atoms with E-state index in [0.717, 1.165) is 16.9 Å². The number of imidazole rings is 1. The number of aromatic nitrogens is 2. The SMILES string of the molecule is CCC(=O)NCCc1nc2ccccc2n1CC(=O)Nc1ccccc1OC. The van der Waals surface area contributed by atoms with Crippen molar-refractivity contribution in [2.75, 3.05) is 19.0 Å². The van der Waals surface area contributed by atoms with Crippen molar-refractivity contribution >= 4 is 28.5 Å². The molecule has 0 saturated heterocycles. The van der Waals surface area contributed by atoms with Crippen molar-refractivity contribution in [1.29, 1.82) is 0 Å². The number of nitrogens with one attached hydrogen (secondary N) is 2. The van der Waals surface area contributed by atoms with Gasteiger partial charge in [0.05, 0.1) is 23.8 Å². The van der Waals surface area contributed by atoms with Gasteiger partial charge in [-0.25, -0.2) is 4.98 Å². The van der Waals surface area contributed by atoms with Crippen LogP contribution in [0.5, 0.6) is 5.75 Å². The first-order chi connectivity index (χ1) is 13.6. The number of rotatable bonds is 8. The van der Waals surface area contributed by atoms with Crippen LogP contribution in [0.1, 0.15) is 19.2 Å². The second-order valence-corrected chi connectivity index (χ2v) is 6.30. The maximum Gasteiger partial charge on any atom is 0.244 e. The Labute approximate surface area is 163 Å². The first kappa shape index (κ1) is 19.4. The quantitative estimate of drug-likeness (QED) is 0.629. The van der Waals surface area contributed by atoms with Gasteiger partial charge in [-0.3, -0.25) is 9.59 Å². The van der Waals surface area contributed by atoms with Gasteiger partial charge in [0.2, 0.25) is 11.8 Å². The summed E-state index contributed by atoms with van der Waals surface area (Å²) in [5.41, 5.74) is 2.33. The highest BCUT2D eigenvalue weighted by Crippen LogP contribution is 2.23. The zero-order chi connectivity index (χ0) is 19.9. The Morgan fingerprint density at radius 3 is 2.61 bits per heavy atom. The lowest BCUT2D eigenvalue weighted by Crippen LogP contribution is -2.26. The van der Waals surface area contributed by atoms with Gasteiger partial charge in [0.15, 0.2) is 0 Å². The highest BCUT2D eigenvalue weighted by atomic mass is 16.5. The first-order valence-electron chi connectivity index (χ1n) is 9.26. The fourth-order valence-electron chi connectivity index (χ4n) is 3.01. The van der Waals surface area contributed by atoms with Crippen molar-refractivity contribution in [3.8, 4) is 5.75 Å². The number of anilines is 1. The summed E-state index contributed by atoms with van der Waals surface area (Å²) in [6.07, 6.45) is 0.986. The van der Waals surface area contributed by atoms with Crippen molar-refractivity contribution in [3.05, 3.63) is 54.4 Å². The van der Waals surface area contributed by atoms with Crippen molar-refractivity contribution < 1.29 is 14.3 Å². The van der Waals surface area contributed by atoms with Crippen LogP contribution in [0, 0.1) is 0 Å². The third-order valence-electron chi connectivity index (χ3n) is 4.41. The summed E-state index contributed by atoms with van der Waals surface area (Å²) in [7, 11) is 1.57. The number of hydrogen-bond donors (Lipinski definition) is 2. The number of hydrogen-bond acceptors (Lipinski definition) is 4. The van der Waals surface area contributed by atoms with Crippen molar-refractivity contribution in [3.63, 3.8) is 0 Å². The molecule has 0 bridgehead atoms. The third-order valence-corrected chi connectivity index (χ3v) is 4.41. The maximum absolute atomic E-state index is 12.7. The van der Waals surface area contributed by atoms with Crippen molar-refractivity contribution in [2.24, 2.45) is 0 Å². The van der Waals surface area contributed by atoms with Crippen molar-refractivity contribution in [2.45, 2.75) is 26.3 Å². The molecule has 0 fully saturated rings. The lowest BCUT2D eigenvalue weighted by atomic mass is 10.3. The molecule has 0 spiro atoms. The summed E-state index contributed by atoms with van der Waals surface area (Å²) in [5.74, 6) is 1.18. The Balaban J connectivity index is 1.79. The van der Waals surface area contributed by atoms with Crippen LogP contribution in [0.4, 0.5) is 5.69 Å². The molecular weight excluding hydrogens is 356 g/mol. The highest BCUT2D eigenvalue weighted by Gasteiger charge is 2.15. The topological polar surface area (TPSA) is 85.2 Å². The molecule has 0 atom stereocenters. The zero-order valence-electron chi connectivity index (χ0n) is 16.1. The summed E-state index contributed by atoms with van der Waals surface area (Å²) >= 11 is 0. The number of nitrogens with zero attached hydrogens (tertiary/aromatic N) is 2. The molecular formula is C21H24N4O3. The number of para-hydroxylation sites is 4. The van der Waals surface area contributed by atoms with Crippen LogP contribution in [0.15, 0.2) is 48.5 Å². The molecule has 28 heavy (non-hydrogen) atoms. The Morgan fingerprint density at radius 1 is 1.07 bits per heavy atom. The summed E-state index contributed by atoms with van der Waals surface area (Å²) in [6.45, 7) is 2.41. The van der Waals surface area contributed by atoms with E-state index in [1.807, 2.05) is 47.9 Å². The summed E-state index contributed by atoms with van der Waals surface area (Å²) in [6, 6.07) is 15.0. The van der Waals surface area contributed by atoms with Gasteiger partial charge in [-0.2, -0.15) is 0 Å². The summed E-state index contributed by atoms with van der Waals surface area (Å²) in [5, 5.41) is 5.74. The van der Waals surface area contributed by atoms with Crippen LogP contribution in [-0.4, -0.2) is 35.0 Å². The molecule has 1 aromatic heterocycles. The van der Waals surface area contributed by atoms with Crippen LogP contribution in [-0.2, 0) is 22.6 Å². The van der Waals surface area contributed by atoms with Gasteiger partial charge in [0.1, 0.15) is 18.1 Å². The zero-order valence-corrected chi connectivity index (χ0v) is 16.1. The number of carbonyl (C=O) groups is 2. The molecule has 7 heteroatoms. The Hall–Kier alpha value is -3.35. The number of fused-ring (bicyclic) bond motifs is 1. The van der Waals surface area contributed by atoms with Crippen LogP contribution >= 0.6 is 0 Å². The van der Waals surface area contributed by atoms with Gasteiger partial charge in [-0.15, -0.1) is 0 Å². The minimum absolute atomic E-state index is 0.00317. The molecule has 2 aromatic carbocycles. The molecule has 146 valence electrons. The van der Waals surface area contributed by atoms with E-state index >= 15 is 0 Å². The highest BCUT2D eigenvalue weighted by molar-refractivity contribution is 5.93. The number of benzene rings is 2. The molecule has 0 aliphatic rings. The number of ether oxygens (including phenoxy) is 1. The average molecular weight is 380 g/mol. The maximum atomic E-state index is 12.7. The normalized spacial score (nSPS) is 10.6. The molecule has 2 amide bonds. The molecule has 0 unspecified atom stereocenters. The Morgan fingerprint density at radius 2 is 1.82 bits per heavy atom. The predicted molar refractivity (Wildman–Crippen MR) is 108 cm³/mol. The second-order valence-electron chi connectivity index (χ2n) is 6.30. The van der Waals surface area contributed by atoms with E-state index < -0.39 is 0 Å². The molecule has 3 rings (SSSR count). The second kappa shape index (κ2) is 9.03. The fraction of sp³-hybridized carbons (Fsp3) is 0.286. The van der Waals surface area contributed by atoms with E-state index in [1.54, 1.807) is 19.2 Å². The number of carbonyl (C=O) groups excluding carboxylic acids is 2. The molecule has 2 N–H and O–H groups in total. The predicted octanol–water partition coefficient (Wildman–Crippen LogP) is 2.75. The largest absolute Gasteiger partial charge is 0.495 e. The first-order valence-corrected chi connectivity index (χ1v) is 9.26. The van der Waals surface area contributed by atoms with Gasteiger partial charge in [-0.05, 0) is 24.3 Å². The molecule has 0 aliphatic heterocycles. The molecule has 0 radical (unpaired) electrons. The molecule has 3 aromatic rings. The van der Waals surface area contributed by atoms with E-state index in [0.29, 0.717) is 30.8 Å². The van der Waals surface area contributed by atoms with E-state index in [9.17, 15) is 9.59 Å². The Kier molecular flexibility index (Phi) is 6.26. The number of methoxy groups -OCH3 is 1. The van der Waals surface area contributed by atoms with E-state index in [1.165, 1.54) is 0 Å². The van der Waals surface area contributed by atoms with Gasteiger partial charge in [0.25, 0.3) is 0 Å². The van der Waals surface area contributed by atoms with Crippen LogP contribution in [0.3, 0.4) is 0 Å². The van der Waals surface area contributed by atoms with Gasteiger partial charge >= 0.3 is 0 Å². The standard InChI is InChI=1S/C21H24N4O3/c1-3-20(26)22-13-12-19-23-15-8-4-6-10-17(15)25(19)14-21(27)24-16-9-5-7-11-18(16)28-2/h4-11H,3,12-14H2,1-2H3,(H,22,26)(H,24,27). The molecule has 1 heterocycles. The monoisotopic (exact) mass is 380 g/mol. The van der Waals surface area contributed by atoms with Gasteiger partial charge in [-0.1, -0.05) is 31.2 Å². The van der Waals surface area contributed by atoms with Gasteiger partial charge < -0.3 is 19.9 Å². The molecule has 0 aliphatic carbocycles. The third kappa shape index (κ3) is 4.49. The minimum Gasteiger partial charge on any atom is -0.495 e. The average Bonchev–Trinajstić information content (AvgIpc) is 3.05. The smallest absolute Gasteiger partial charge is 0.244 e. The van der Waals surface area contributed by atoms with Crippen LogP contribution < -0.4 is 15.4 Å². The van der Waals surface area contributed by atoms with Crippen molar-refractivity contribution in [1.82, 2.24) is 14.9 Å². The van der Waals surface area contributed by atoms with E-state index in [4.69, 9.17) is 4.74 Å². The fourth-order valence-corrected chi connectivity index (χ4v) is 3.01. The van der Waals surface area contributed by atoms with Crippen LogP contribution in [0.25, 0.3) is 11.0 Å². The summed E-state index contributed by atoms with van der Waals surface area (Å²) < 4.78 is 7.17. The molecule has 0 saturated carbocycles. The van der Waals surface area contributed by atoms with Crippen LogP contribution in [0.2, 0.25) is 0 Å². The minimum atomic E-state index is -0.175. The lowest BCUT2D eigenvalue weighted by molar-refractivity contribution is -0.120.